The summed E-state index contributed by atoms with van der Waals surface area (Å²) in [5, 5.41) is 9.74. The molecule has 1 N–H and O–H groups in total. The molecule has 0 spiro atoms. The Labute approximate surface area is 91.1 Å². The third-order valence-electron chi connectivity index (χ3n) is 1.90. The highest BCUT2D eigenvalue weighted by atomic mass is 16.5. The van der Waals surface area contributed by atoms with Crippen molar-refractivity contribution in [1.29, 1.82) is 0 Å². The molecule has 1 aromatic rings. The van der Waals surface area contributed by atoms with E-state index in [2.05, 4.69) is 4.98 Å². The van der Waals surface area contributed by atoms with Crippen LogP contribution in [0, 0.1) is 0 Å². The van der Waals surface area contributed by atoms with E-state index in [0.717, 1.165) is 5.75 Å². The van der Waals surface area contributed by atoms with Crippen LogP contribution in [0.2, 0.25) is 0 Å². The van der Waals surface area contributed by atoms with E-state index in [1.54, 1.807) is 26.2 Å². The second kappa shape index (κ2) is 4.19. The van der Waals surface area contributed by atoms with Crippen molar-refractivity contribution in [3.8, 4) is 5.75 Å². The van der Waals surface area contributed by atoms with Gasteiger partial charge < -0.3 is 9.84 Å². The number of pyridine rings is 1. The van der Waals surface area contributed by atoms with E-state index in [0.29, 0.717) is 6.42 Å². The quantitative estimate of drug-likeness (QED) is 0.828. The van der Waals surface area contributed by atoms with Gasteiger partial charge in [0, 0.05) is 18.8 Å². The minimum absolute atomic E-state index is 0.389. The number of aromatic nitrogens is 1. The number of rotatable bonds is 4. The second-order valence-electron chi connectivity index (χ2n) is 5.03. The van der Waals surface area contributed by atoms with E-state index in [-0.39, 0.29) is 5.60 Å². The normalized spacial score (nSPS) is 12.6. The largest absolute Gasteiger partial charge is 0.488 e. The fourth-order valence-corrected chi connectivity index (χ4v) is 1.80. The van der Waals surface area contributed by atoms with Crippen molar-refractivity contribution in [1.82, 2.24) is 4.98 Å². The van der Waals surface area contributed by atoms with E-state index in [1.165, 1.54) is 0 Å². The molecule has 0 saturated heterocycles. The van der Waals surface area contributed by atoms with Gasteiger partial charge in [-0.15, -0.1) is 0 Å². The number of hydrogen-bond acceptors (Lipinski definition) is 3. The lowest BCUT2D eigenvalue weighted by Crippen LogP contribution is -2.37. The molecule has 0 bridgehead atoms. The molecule has 3 nitrogen and oxygen atoms in total. The summed E-state index contributed by atoms with van der Waals surface area (Å²) in [4.78, 5) is 3.92. The fraction of sp³-hybridized carbons (Fsp3) is 0.583. The third-order valence-corrected chi connectivity index (χ3v) is 1.90. The third kappa shape index (κ3) is 4.79. The maximum atomic E-state index is 9.74. The first-order chi connectivity index (χ1) is 6.79. The van der Waals surface area contributed by atoms with E-state index >= 15 is 0 Å². The molecule has 1 heterocycles. The Morgan fingerprint density at radius 3 is 2.20 bits per heavy atom. The zero-order valence-electron chi connectivity index (χ0n) is 9.82. The first-order valence-corrected chi connectivity index (χ1v) is 5.10. The average molecular weight is 209 g/mol. The van der Waals surface area contributed by atoms with Crippen LogP contribution in [0.25, 0.3) is 0 Å². The summed E-state index contributed by atoms with van der Waals surface area (Å²) >= 11 is 0. The van der Waals surface area contributed by atoms with E-state index in [9.17, 15) is 5.11 Å². The van der Waals surface area contributed by atoms with Crippen molar-refractivity contribution in [2.24, 2.45) is 0 Å². The summed E-state index contributed by atoms with van der Waals surface area (Å²) < 4.78 is 5.78. The second-order valence-corrected chi connectivity index (χ2v) is 5.03. The summed E-state index contributed by atoms with van der Waals surface area (Å²) in [6.45, 7) is 7.49. The topological polar surface area (TPSA) is 42.4 Å². The first kappa shape index (κ1) is 12.0. The molecule has 84 valence electrons. The molecular formula is C12H19NO2. The van der Waals surface area contributed by atoms with E-state index in [1.807, 2.05) is 26.0 Å². The molecule has 0 radical (unpaired) electrons. The smallest absolute Gasteiger partial charge is 0.123 e. The van der Waals surface area contributed by atoms with Gasteiger partial charge in [-0.1, -0.05) is 0 Å². The molecule has 0 fully saturated rings. The predicted molar refractivity (Wildman–Crippen MR) is 59.9 cm³/mol. The van der Waals surface area contributed by atoms with Crippen molar-refractivity contribution in [2.45, 2.75) is 45.3 Å². The fourth-order valence-electron chi connectivity index (χ4n) is 1.80. The van der Waals surface area contributed by atoms with Crippen LogP contribution in [0.3, 0.4) is 0 Å². The van der Waals surface area contributed by atoms with Crippen LogP contribution in [-0.2, 0) is 0 Å². The van der Waals surface area contributed by atoms with E-state index < -0.39 is 5.60 Å². The Morgan fingerprint density at radius 2 is 1.73 bits per heavy atom. The summed E-state index contributed by atoms with van der Waals surface area (Å²) in [6.07, 6.45) is 3.95. The standard InChI is InChI=1S/C12H19NO2/c1-11(2,14)9-12(3,4)15-10-5-7-13-8-6-10/h5-8,14H,9H2,1-4H3. The van der Waals surface area contributed by atoms with Gasteiger partial charge in [-0.2, -0.15) is 0 Å². The van der Waals surface area contributed by atoms with Gasteiger partial charge in [0.25, 0.3) is 0 Å². The van der Waals surface area contributed by atoms with Crippen molar-refractivity contribution < 1.29 is 9.84 Å². The number of ether oxygens (including phenoxy) is 1. The predicted octanol–water partition coefficient (Wildman–Crippen LogP) is 2.40. The maximum Gasteiger partial charge on any atom is 0.123 e. The van der Waals surface area contributed by atoms with Gasteiger partial charge in [-0.25, -0.2) is 0 Å². The SMILES string of the molecule is CC(C)(O)CC(C)(C)Oc1ccncc1. The molecule has 0 aliphatic rings. The molecule has 0 saturated carbocycles. The lowest BCUT2D eigenvalue weighted by molar-refractivity contribution is -0.0106. The van der Waals surface area contributed by atoms with Crippen LogP contribution in [0.4, 0.5) is 0 Å². The van der Waals surface area contributed by atoms with Gasteiger partial charge in [-0.05, 0) is 39.8 Å². The highest BCUT2D eigenvalue weighted by Crippen LogP contribution is 2.25. The van der Waals surface area contributed by atoms with Crippen LogP contribution in [0.1, 0.15) is 34.1 Å². The van der Waals surface area contributed by atoms with Crippen molar-refractivity contribution in [3.05, 3.63) is 24.5 Å². The number of aliphatic hydroxyl groups is 1. The molecule has 0 aliphatic carbocycles. The molecule has 3 heteroatoms. The Hall–Kier alpha value is -1.09. The molecule has 0 aliphatic heterocycles. The van der Waals surface area contributed by atoms with Crippen molar-refractivity contribution in [2.75, 3.05) is 0 Å². The van der Waals surface area contributed by atoms with Crippen molar-refractivity contribution in [3.63, 3.8) is 0 Å². The van der Waals surface area contributed by atoms with Crippen LogP contribution >= 0.6 is 0 Å². The highest BCUT2D eigenvalue weighted by molar-refractivity contribution is 5.18. The molecule has 0 aromatic carbocycles. The van der Waals surface area contributed by atoms with Crippen LogP contribution in [-0.4, -0.2) is 21.3 Å². The molecule has 0 amide bonds. The molecule has 1 rings (SSSR count). The van der Waals surface area contributed by atoms with Gasteiger partial charge in [0.15, 0.2) is 0 Å². The van der Waals surface area contributed by atoms with Crippen LogP contribution in [0.5, 0.6) is 5.75 Å². The van der Waals surface area contributed by atoms with Gasteiger partial charge >= 0.3 is 0 Å². The van der Waals surface area contributed by atoms with Gasteiger partial charge in [0.1, 0.15) is 11.4 Å². The Kier molecular flexibility index (Phi) is 3.35. The number of nitrogens with zero attached hydrogens (tertiary/aromatic N) is 1. The Bertz CT molecular complexity index is 301. The zero-order valence-corrected chi connectivity index (χ0v) is 9.82. The minimum atomic E-state index is -0.726. The lowest BCUT2D eigenvalue weighted by Gasteiger charge is -2.32. The van der Waals surface area contributed by atoms with Crippen LogP contribution < -0.4 is 4.74 Å². The first-order valence-electron chi connectivity index (χ1n) is 5.10. The molecule has 15 heavy (non-hydrogen) atoms. The maximum absolute atomic E-state index is 9.74. The Balaban J connectivity index is 2.65. The molecule has 0 unspecified atom stereocenters. The highest BCUT2D eigenvalue weighted by Gasteiger charge is 2.28. The van der Waals surface area contributed by atoms with E-state index in [4.69, 9.17) is 4.74 Å². The monoisotopic (exact) mass is 209 g/mol. The zero-order chi connectivity index (χ0) is 11.5. The van der Waals surface area contributed by atoms with Crippen molar-refractivity contribution >= 4 is 0 Å². The van der Waals surface area contributed by atoms with Crippen LogP contribution in [0.15, 0.2) is 24.5 Å². The van der Waals surface area contributed by atoms with Gasteiger partial charge in [0.05, 0.1) is 5.60 Å². The van der Waals surface area contributed by atoms with Gasteiger partial charge in [0.2, 0.25) is 0 Å². The Morgan fingerprint density at radius 1 is 1.20 bits per heavy atom. The number of hydrogen-bond donors (Lipinski definition) is 1. The lowest BCUT2D eigenvalue weighted by atomic mass is 9.92. The molecule has 1 aromatic heterocycles. The molecule has 0 atom stereocenters. The summed E-state index contributed by atoms with van der Waals surface area (Å²) in [5.41, 5.74) is -1.11. The summed E-state index contributed by atoms with van der Waals surface area (Å²) in [6, 6.07) is 3.62. The minimum Gasteiger partial charge on any atom is -0.488 e. The summed E-state index contributed by atoms with van der Waals surface area (Å²) in [7, 11) is 0. The molecular weight excluding hydrogens is 190 g/mol. The summed E-state index contributed by atoms with van der Waals surface area (Å²) in [5.74, 6) is 0.777. The van der Waals surface area contributed by atoms with Gasteiger partial charge in [-0.3, -0.25) is 4.98 Å². The average Bonchev–Trinajstić information content (AvgIpc) is 1.99.